The minimum atomic E-state index is -3.44. The molecule has 1 saturated heterocycles. The molecular weight excluding hydrogens is 308 g/mol. The SMILES string of the molecule is CS(=O)(=O)c1c(N2CCCCC2)sc(C(=O)C2CC2)c1N. The van der Waals surface area contributed by atoms with E-state index in [1.54, 1.807) is 0 Å². The molecule has 0 radical (unpaired) electrons. The average molecular weight is 328 g/mol. The number of ketones is 1. The van der Waals surface area contributed by atoms with Crippen molar-refractivity contribution in [2.45, 2.75) is 37.0 Å². The van der Waals surface area contributed by atoms with Gasteiger partial charge in [0.15, 0.2) is 15.6 Å². The van der Waals surface area contributed by atoms with E-state index in [1.807, 2.05) is 0 Å². The van der Waals surface area contributed by atoms with Gasteiger partial charge >= 0.3 is 0 Å². The summed E-state index contributed by atoms with van der Waals surface area (Å²) in [6.07, 6.45) is 6.22. The number of thiophene rings is 1. The number of nitrogen functional groups attached to an aromatic ring is 1. The molecule has 2 N–H and O–H groups in total. The number of carbonyl (C=O) groups excluding carboxylic acids is 1. The summed E-state index contributed by atoms with van der Waals surface area (Å²) >= 11 is 1.27. The summed E-state index contributed by atoms with van der Waals surface area (Å²) < 4.78 is 24.3. The third-order valence-corrected chi connectivity index (χ3v) is 6.63. The van der Waals surface area contributed by atoms with E-state index in [0.29, 0.717) is 9.88 Å². The Labute approximate surface area is 129 Å². The first-order chi connectivity index (χ1) is 9.89. The normalized spacial score (nSPS) is 19.8. The Morgan fingerprint density at radius 1 is 1.24 bits per heavy atom. The highest BCUT2D eigenvalue weighted by molar-refractivity contribution is 7.91. The van der Waals surface area contributed by atoms with Gasteiger partial charge < -0.3 is 10.6 Å². The fourth-order valence-corrected chi connectivity index (χ4v) is 5.57. The highest BCUT2D eigenvalue weighted by Crippen LogP contribution is 2.45. The lowest BCUT2D eigenvalue weighted by molar-refractivity contribution is 0.0972. The largest absolute Gasteiger partial charge is 0.396 e. The lowest BCUT2D eigenvalue weighted by Gasteiger charge is -2.28. The number of hydrogen-bond acceptors (Lipinski definition) is 6. The van der Waals surface area contributed by atoms with Crippen LogP contribution in [0.2, 0.25) is 0 Å². The summed E-state index contributed by atoms with van der Waals surface area (Å²) in [5.41, 5.74) is 6.21. The number of nitrogens with zero attached hydrogens (tertiary/aromatic N) is 1. The zero-order valence-corrected chi connectivity index (χ0v) is 13.7. The molecule has 116 valence electrons. The van der Waals surface area contributed by atoms with Crippen LogP contribution in [0.4, 0.5) is 10.7 Å². The quantitative estimate of drug-likeness (QED) is 0.858. The standard InChI is InChI=1S/C14H20N2O3S2/c1-21(18,19)13-10(15)12(11(17)9-5-6-9)20-14(13)16-7-3-2-4-8-16/h9H,2-8,15H2,1H3. The molecule has 0 aromatic carbocycles. The van der Waals surface area contributed by atoms with E-state index < -0.39 is 9.84 Å². The molecule has 1 aliphatic carbocycles. The van der Waals surface area contributed by atoms with Crippen molar-refractivity contribution >= 4 is 37.6 Å². The first-order valence-corrected chi connectivity index (χ1v) is 10.0. The highest BCUT2D eigenvalue weighted by atomic mass is 32.2. The van der Waals surface area contributed by atoms with Crippen molar-refractivity contribution in [1.82, 2.24) is 0 Å². The summed E-state index contributed by atoms with van der Waals surface area (Å²) in [6, 6.07) is 0. The van der Waals surface area contributed by atoms with Gasteiger partial charge in [-0.15, -0.1) is 11.3 Å². The molecule has 0 unspecified atom stereocenters. The molecule has 0 bridgehead atoms. The number of Topliss-reactive ketones (excluding diaryl/α,β-unsaturated/α-hetero) is 1. The monoisotopic (exact) mass is 328 g/mol. The Morgan fingerprint density at radius 3 is 2.38 bits per heavy atom. The van der Waals surface area contributed by atoms with Crippen molar-refractivity contribution in [2.75, 3.05) is 30.0 Å². The van der Waals surface area contributed by atoms with Gasteiger partial charge in [-0.05, 0) is 32.1 Å². The Bertz CT molecular complexity index is 669. The van der Waals surface area contributed by atoms with E-state index in [4.69, 9.17) is 5.73 Å². The third kappa shape index (κ3) is 2.81. The topological polar surface area (TPSA) is 80.5 Å². The Balaban J connectivity index is 2.08. The molecule has 1 saturated carbocycles. The molecule has 1 aliphatic heterocycles. The van der Waals surface area contributed by atoms with E-state index in [1.165, 1.54) is 24.0 Å². The van der Waals surface area contributed by atoms with Gasteiger partial charge in [0.05, 0.1) is 10.6 Å². The molecule has 0 spiro atoms. The van der Waals surface area contributed by atoms with Crippen molar-refractivity contribution in [3.8, 4) is 0 Å². The summed E-state index contributed by atoms with van der Waals surface area (Å²) in [5, 5.41) is 0.665. The van der Waals surface area contributed by atoms with Crippen molar-refractivity contribution in [3.05, 3.63) is 4.88 Å². The second-order valence-electron chi connectivity index (χ2n) is 5.94. The second kappa shape index (κ2) is 5.28. The number of piperidine rings is 1. The van der Waals surface area contributed by atoms with E-state index in [2.05, 4.69) is 4.90 Å². The van der Waals surface area contributed by atoms with Gasteiger partial charge in [0.2, 0.25) is 0 Å². The van der Waals surface area contributed by atoms with E-state index in [-0.39, 0.29) is 22.3 Å². The second-order valence-corrected chi connectivity index (χ2v) is 8.89. The van der Waals surface area contributed by atoms with Gasteiger partial charge in [-0.2, -0.15) is 0 Å². The van der Waals surface area contributed by atoms with Crippen LogP contribution in [0.25, 0.3) is 0 Å². The Kier molecular flexibility index (Phi) is 3.73. The van der Waals surface area contributed by atoms with Crippen molar-refractivity contribution in [1.29, 1.82) is 0 Å². The lowest BCUT2D eigenvalue weighted by Crippen LogP contribution is -2.29. The molecule has 0 amide bonds. The minimum Gasteiger partial charge on any atom is -0.396 e. The number of sulfone groups is 1. The summed E-state index contributed by atoms with van der Waals surface area (Å²) in [4.78, 5) is 15.0. The van der Waals surface area contributed by atoms with Crippen LogP contribution < -0.4 is 10.6 Å². The molecule has 2 heterocycles. The number of nitrogens with two attached hydrogens (primary N) is 1. The molecule has 2 fully saturated rings. The maximum Gasteiger partial charge on any atom is 0.180 e. The molecule has 3 rings (SSSR count). The number of anilines is 2. The smallest absolute Gasteiger partial charge is 0.180 e. The Hall–Kier alpha value is -1.08. The van der Waals surface area contributed by atoms with Gasteiger partial charge in [0.25, 0.3) is 0 Å². The van der Waals surface area contributed by atoms with Crippen molar-refractivity contribution in [3.63, 3.8) is 0 Å². The van der Waals surface area contributed by atoms with Crippen molar-refractivity contribution < 1.29 is 13.2 Å². The highest BCUT2D eigenvalue weighted by Gasteiger charge is 2.36. The molecule has 1 aromatic heterocycles. The predicted octanol–water partition coefficient (Wildman–Crippen LogP) is 2.32. The molecule has 5 nitrogen and oxygen atoms in total. The van der Waals surface area contributed by atoms with Crippen LogP contribution >= 0.6 is 11.3 Å². The average Bonchev–Trinajstić information content (AvgIpc) is 3.21. The fraction of sp³-hybridized carbons (Fsp3) is 0.643. The molecule has 21 heavy (non-hydrogen) atoms. The predicted molar refractivity (Wildman–Crippen MR) is 85.0 cm³/mol. The van der Waals surface area contributed by atoms with E-state index >= 15 is 0 Å². The molecule has 1 aromatic rings. The fourth-order valence-electron chi connectivity index (χ4n) is 2.79. The summed E-state index contributed by atoms with van der Waals surface area (Å²) in [7, 11) is -3.44. The maximum atomic E-state index is 12.3. The summed E-state index contributed by atoms with van der Waals surface area (Å²) in [5.74, 6) is 0.0678. The minimum absolute atomic E-state index is 0.0191. The van der Waals surface area contributed by atoms with Gasteiger partial charge in [0.1, 0.15) is 9.90 Å². The third-order valence-electron chi connectivity index (χ3n) is 4.07. The first-order valence-electron chi connectivity index (χ1n) is 7.31. The van der Waals surface area contributed by atoms with Gasteiger partial charge in [-0.3, -0.25) is 4.79 Å². The molecular formula is C14H20N2O3S2. The molecule has 7 heteroatoms. The first kappa shape index (κ1) is 14.8. The number of rotatable bonds is 4. The summed E-state index contributed by atoms with van der Waals surface area (Å²) in [6.45, 7) is 1.67. The Morgan fingerprint density at radius 2 is 1.86 bits per heavy atom. The number of hydrogen-bond donors (Lipinski definition) is 1. The van der Waals surface area contributed by atoms with Crippen LogP contribution in [0.1, 0.15) is 41.8 Å². The van der Waals surface area contributed by atoms with Gasteiger partial charge in [0, 0.05) is 25.3 Å². The molecule has 0 atom stereocenters. The van der Waals surface area contributed by atoms with Crippen LogP contribution in [0.5, 0.6) is 0 Å². The van der Waals surface area contributed by atoms with Crippen LogP contribution in [-0.4, -0.2) is 33.5 Å². The zero-order valence-electron chi connectivity index (χ0n) is 12.1. The van der Waals surface area contributed by atoms with Crippen molar-refractivity contribution in [2.24, 2.45) is 5.92 Å². The molecule has 2 aliphatic rings. The van der Waals surface area contributed by atoms with Crippen LogP contribution in [0.3, 0.4) is 0 Å². The van der Waals surface area contributed by atoms with Gasteiger partial charge in [-0.1, -0.05) is 0 Å². The van der Waals surface area contributed by atoms with Gasteiger partial charge in [-0.25, -0.2) is 8.42 Å². The van der Waals surface area contributed by atoms with E-state index in [9.17, 15) is 13.2 Å². The van der Waals surface area contributed by atoms with Crippen LogP contribution in [0.15, 0.2) is 4.90 Å². The van der Waals surface area contributed by atoms with E-state index in [0.717, 1.165) is 38.8 Å². The lowest BCUT2D eigenvalue weighted by atomic mass is 10.1. The zero-order chi connectivity index (χ0) is 15.2. The van der Waals surface area contributed by atoms with Crippen LogP contribution in [0, 0.1) is 5.92 Å². The number of carbonyl (C=O) groups is 1. The van der Waals surface area contributed by atoms with Crippen LogP contribution in [-0.2, 0) is 9.84 Å². The maximum absolute atomic E-state index is 12.3.